The van der Waals surface area contributed by atoms with Gasteiger partial charge in [-0.15, -0.1) is 0 Å². The molecule has 2 unspecified atom stereocenters. The van der Waals surface area contributed by atoms with Crippen molar-refractivity contribution in [2.24, 2.45) is 0 Å². The summed E-state index contributed by atoms with van der Waals surface area (Å²) in [7, 11) is 0. The maximum Gasteiger partial charge on any atom is 0.122 e. The van der Waals surface area contributed by atoms with Crippen molar-refractivity contribution in [3.8, 4) is 5.75 Å². The van der Waals surface area contributed by atoms with E-state index in [-0.39, 0.29) is 0 Å². The number of rotatable bonds is 1. The summed E-state index contributed by atoms with van der Waals surface area (Å²) in [5.41, 5.74) is 1.36. The molecule has 3 rings (SSSR count). The van der Waals surface area contributed by atoms with Gasteiger partial charge in [0.05, 0.1) is 6.61 Å². The van der Waals surface area contributed by atoms with Crippen LogP contribution in [0.3, 0.4) is 0 Å². The fraction of sp³-hybridized carbons (Fsp3) is 0.500. The normalized spacial score (nSPS) is 29.6. The van der Waals surface area contributed by atoms with E-state index >= 15 is 0 Å². The van der Waals surface area contributed by atoms with Crippen LogP contribution in [0.15, 0.2) is 24.3 Å². The van der Waals surface area contributed by atoms with E-state index in [9.17, 15) is 0 Å². The molecule has 1 fully saturated rings. The molecule has 0 aromatic heterocycles. The Kier molecular flexibility index (Phi) is 2.35. The van der Waals surface area contributed by atoms with Gasteiger partial charge in [-0.1, -0.05) is 18.2 Å². The SMILES string of the molecule is c1ccc2c(c1)OCC2C1CNCCN1. The van der Waals surface area contributed by atoms with Crippen LogP contribution in [0.1, 0.15) is 11.5 Å². The van der Waals surface area contributed by atoms with Crippen molar-refractivity contribution in [2.75, 3.05) is 26.2 Å². The molecule has 3 nitrogen and oxygen atoms in total. The van der Waals surface area contributed by atoms with E-state index in [0.29, 0.717) is 12.0 Å². The van der Waals surface area contributed by atoms with E-state index in [1.165, 1.54) is 5.56 Å². The molecular weight excluding hydrogens is 188 g/mol. The lowest BCUT2D eigenvalue weighted by molar-refractivity contribution is 0.282. The molecule has 0 bridgehead atoms. The van der Waals surface area contributed by atoms with Gasteiger partial charge in [0, 0.05) is 37.2 Å². The maximum atomic E-state index is 5.70. The van der Waals surface area contributed by atoms with Gasteiger partial charge in [-0.25, -0.2) is 0 Å². The Hall–Kier alpha value is -1.06. The lowest BCUT2D eigenvalue weighted by Crippen LogP contribution is -2.51. The molecule has 2 atom stereocenters. The van der Waals surface area contributed by atoms with Crippen molar-refractivity contribution in [1.82, 2.24) is 10.6 Å². The topological polar surface area (TPSA) is 33.3 Å². The van der Waals surface area contributed by atoms with Crippen LogP contribution >= 0.6 is 0 Å². The molecule has 2 N–H and O–H groups in total. The van der Waals surface area contributed by atoms with Gasteiger partial charge in [-0.2, -0.15) is 0 Å². The van der Waals surface area contributed by atoms with Crippen LogP contribution in [0, 0.1) is 0 Å². The van der Waals surface area contributed by atoms with Crippen molar-refractivity contribution in [3.63, 3.8) is 0 Å². The number of nitrogens with one attached hydrogen (secondary N) is 2. The van der Waals surface area contributed by atoms with Gasteiger partial charge in [0.2, 0.25) is 0 Å². The van der Waals surface area contributed by atoms with Crippen LogP contribution in [0.4, 0.5) is 0 Å². The van der Waals surface area contributed by atoms with Crippen molar-refractivity contribution < 1.29 is 4.74 Å². The molecule has 0 aliphatic carbocycles. The van der Waals surface area contributed by atoms with Gasteiger partial charge in [0.15, 0.2) is 0 Å². The first-order chi connectivity index (χ1) is 7.45. The lowest BCUT2D eigenvalue weighted by atomic mass is 9.92. The molecule has 0 spiro atoms. The van der Waals surface area contributed by atoms with Crippen molar-refractivity contribution in [3.05, 3.63) is 29.8 Å². The largest absolute Gasteiger partial charge is 0.493 e. The fourth-order valence-electron chi connectivity index (χ4n) is 2.48. The van der Waals surface area contributed by atoms with Crippen LogP contribution in [0.5, 0.6) is 5.75 Å². The third-order valence-corrected chi connectivity index (χ3v) is 3.30. The highest BCUT2D eigenvalue weighted by Crippen LogP contribution is 2.35. The summed E-state index contributed by atoms with van der Waals surface area (Å²) >= 11 is 0. The Labute approximate surface area is 89.8 Å². The molecule has 2 aliphatic rings. The minimum absolute atomic E-state index is 0.508. The van der Waals surface area contributed by atoms with E-state index in [0.717, 1.165) is 32.0 Å². The first kappa shape index (κ1) is 9.19. The summed E-state index contributed by atoms with van der Waals surface area (Å²) in [4.78, 5) is 0. The van der Waals surface area contributed by atoms with Crippen molar-refractivity contribution in [1.29, 1.82) is 0 Å². The summed E-state index contributed by atoms with van der Waals surface area (Å²) in [6.45, 7) is 4.00. The third-order valence-electron chi connectivity index (χ3n) is 3.30. The Balaban J connectivity index is 1.83. The van der Waals surface area contributed by atoms with Crippen LogP contribution in [0.25, 0.3) is 0 Å². The number of fused-ring (bicyclic) bond motifs is 1. The van der Waals surface area contributed by atoms with E-state index in [1.54, 1.807) is 0 Å². The highest BCUT2D eigenvalue weighted by molar-refractivity contribution is 5.40. The smallest absolute Gasteiger partial charge is 0.122 e. The number of para-hydroxylation sites is 1. The molecule has 1 aromatic carbocycles. The summed E-state index contributed by atoms with van der Waals surface area (Å²) in [5.74, 6) is 1.57. The van der Waals surface area contributed by atoms with Gasteiger partial charge in [0.1, 0.15) is 5.75 Å². The molecule has 0 radical (unpaired) electrons. The number of hydrogen-bond donors (Lipinski definition) is 2. The first-order valence-corrected chi connectivity index (χ1v) is 5.61. The second-order valence-corrected chi connectivity index (χ2v) is 4.22. The zero-order chi connectivity index (χ0) is 10.1. The number of benzene rings is 1. The fourth-order valence-corrected chi connectivity index (χ4v) is 2.48. The van der Waals surface area contributed by atoms with Gasteiger partial charge in [-0.3, -0.25) is 0 Å². The molecule has 2 aliphatic heterocycles. The predicted molar refractivity (Wildman–Crippen MR) is 59.3 cm³/mol. The van der Waals surface area contributed by atoms with Crippen LogP contribution in [0.2, 0.25) is 0 Å². The highest BCUT2D eigenvalue weighted by atomic mass is 16.5. The second kappa shape index (κ2) is 3.83. The summed E-state index contributed by atoms with van der Waals surface area (Å²) < 4.78 is 5.70. The third kappa shape index (κ3) is 1.62. The Morgan fingerprint density at radius 3 is 3.00 bits per heavy atom. The average Bonchev–Trinajstić information content (AvgIpc) is 2.74. The zero-order valence-electron chi connectivity index (χ0n) is 8.70. The quantitative estimate of drug-likeness (QED) is 0.707. The van der Waals surface area contributed by atoms with E-state index in [4.69, 9.17) is 4.74 Å². The number of piperazine rings is 1. The molecule has 2 heterocycles. The number of ether oxygens (including phenoxy) is 1. The lowest BCUT2D eigenvalue weighted by Gasteiger charge is -2.28. The Bertz CT molecular complexity index is 347. The molecule has 80 valence electrons. The maximum absolute atomic E-state index is 5.70. The molecule has 15 heavy (non-hydrogen) atoms. The summed E-state index contributed by atoms with van der Waals surface area (Å²) in [5, 5.41) is 6.98. The second-order valence-electron chi connectivity index (χ2n) is 4.22. The van der Waals surface area contributed by atoms with Crippen LogP contribution < -0.4 is 15.4 Å². The molecule has 1 aromatic rings. The van der Waals surface area contributed by atoms with Crippen molar-refractivity contribution in [2.45, 2.75) is 12.0 Å². The van der Waals surface area contributed by atoms with E-state index in [2.05, 4.69) is 28.8 Å². The monoisotopic (exact) mass is 204 g/mol. The first-order valence-electron chi connectivity index (χ1n) is 5.61. The van der Waals surface area contributed by atoms with Crippen LogP contribution in [-0.2, 0) is 0 Å². The van der Waals surface area contributed by atoms with Gasteiger partial charge in [-0.05, 0) is 6.07 Å². The minimum Gasteiger partial charge on any atom is -0.493 e. The predicted octanol–water partition coefficient (Wildman–Crippen LogP) is 0.724. The molecule has 0 amide bonds. The highest BCUT2D eigenvalue weighted by Gasteiger charge is 2.31. The standard InChI is InChI=1S/C12H16N2O/c1-2-4-12-9(3-1)10(8-15-12)11-7-13-5-6-14-11/h1-4,10-11,13-14H,5-8H2. The Morgan fingerprint density at radius 1 is 1.20 bits per heavy atom. The van der Waals surface area contributed by atoms with Gasteiger partial charge in [0.25, 0.3) is 0 Å². The van der Waals surface area contributed by atoms with Gasteiger partial charge >= 0.3 is 0 Å². The van der Waals surface area contributed by atoms with E-state index < -0.39 is 0 Å². The van der Waals surface area contributed by atoms with E-state index in [1.807, 2.05) is 6.07 Å². The molecule has 1 saturated heterocycles. The number of hydrogen-bond acceptors (Lipinski definition) is 3. The average molecular weight is 204 g/mol. The Morgan fingerprint density at radius 2 is 2.13 bits per heavy atom. The summed E-state index contributed by atoms with van der Waals surface area (Å²) in [6.07, 6.45) is 0. The molecule has 0 saturated carbocycles. The molecular formula is C12H16N2O. The van der Waals surface area contributed by atoms with Gasteiger partial charge < -0.3 is 15.4 Å². The zero-order valence-corrected chi connectivity index (χ0v) is 8.70. The van der Waals surface area contributed by atoms with Crippen LogP contribution in [-0.4, -0.2) is 32.3 Å². The van der Waals surface area contributed by atoms with Crippen molar-refractivity contribution >= 4 is 0 Å². The minimum atomic E-state index is 0.508. The summed E-state index contributed by atoms with van der Waals surface area (Å²) in [6, 6.07) is 8.89. The molecule has 3 heteroatoms.